The van der Waals surface area contributed by atoms with Gasteiger partial charge in [0.25, 0.3) is 0 Å². The van der Waals surface area contributed by atoms with Crippen LogP contribution < -0.4 is 5.32 Å². The molecule has 1 amide bonds. The Morgan fingerprint density at radius 2 is 2.31 bits per heavy atom. The molecule has 0 radical (unpaired) electrons. The second-order valence-electron chi connectivity index (χ2n) is 4.68. The number of ether oxygens (including phenoxy) is 1. The maximum absolute atomic E-state index is 11.8. The van der Waals surface area contributed by atoms with Crippen molar-refractivity contribution >= 4 is 5.91 Å². The number of hydrogen-bond acceptors (Lipinski definition) is 3. The lowest BCUT2D eigenvalue weighted by atomic mass is 9.63. The summed E-state index contributed by atoms with van der Waals surface area (Å²) in [5.74, 6) is 0.342. The van der Waals surface area contributed by atoms with E-state index in [0.717, 1.165) is 0 Å². The molecule has 1 atom stereocenters. The molecule has 1 aliphatic rings. The maximum Gasteiger partial charge on any atom is 0.240 e. The highest BCUT2D eigenvalue weighted by molar-refractivity contribution is 5.86. The van der Waals surface area contributed by atoms with Gasteiger partial charge in [-0.2, -0.15) is 5.26 Å². The maximum atomic E-state index is 11.8. The average Bonchev–Trinajstić information content (AvgIpc) is 2.21. The molecule has 90 valence electrons. The molecule has 4 nitrogen and oxygen atoms in total. The number of carbonyl (C=O) groups excluding carboxylic acids is 1. The number of nitrogens with zero attached hydrogens (tertiary/aromatic N) is 1. The van der Waals surface area contributed by atoms with Crippen LogP contribution in [0.3, 0.4) is 0 Å². The van der Waals surface area contributed by atoms with Gasteiger partial charge in [0, 0.05) is 13.2 Å². The van der Waals surface area contributed by atoms with Crippen molar-refractivity contribution in [2.24, 2.45) is 11.3 Å². The largest absolute Gasteiger partial charge is 0.377 e. The molecule has 1 aliphatic carbocycles. The Bertz CT molecular complexity index is 290. The molecule has 0 aliphatic heterocycles. The van der Waals surface area contributed by atoms with E-state index in [9.17, 15) is 4.79 Å². The fourth-order valence-corrected chi connectivity index (χ4v) is 2.21. The van der Waals surface area contributed by atoms with Gasteiger partial charge in [-0.25, -0.2) is 0 Å². The van der Waals surface area contributed by atoms with Crippen LogP contribution in [0, 0.1) is 22.7 Å². The summed E-state index contributed by atoms with van der Waals surface area (Å²) in [7, 11) is 0. The van der Waals surface area contributed by atoms with Crippen molar-refractivity contribution in [3.05, 3.63) is 0 Å². The molecule has 0 aromatic carbocycles. The van der Waals surface area contributed by atoms with Gasteiger partial charge >= 0.3 is 0 Å². The van der Waals surface area contributed by atoms with Crippen LogP contribution in [0.15, 0.2) is 0 Å². The zero-order chi connectivity index (χ0) is 12.2. The van der Waals surface area contributed by atoms with Crippen molar-refractivity contribution in [2.45, 2.75) is 39.7 Å². The molecule has 0 aromatic heterocycles. The predicted octanol–water partition coefficient (Wildman–Crippen LogP) is 1.47. The van der Waals surface area contributed by atoms with Crippen LogP contribution in [0.25, 0.3) is 0 Å². The number of hydrogen-bond donors (Lipinski definition) is 1. The van der Waals surface area contributed by atoms with Gasteiger partial charge in [0.15, 0.2) is 0 Å². The highest BCUT2D eigenvalue weighted by atomic mass is 16.5. The van der Waals surface area contributed by atoms with Gasteiger partial charge in [-0.15, -0.1) is 0 Å². The number of carbonyl (C=O) groups is 1. The molecule has 1 unspecified atom stereocenters. The molecule has 0 heterocycles. The summed E-state index contributed by atoms with van der Waals surface area (Å²) in [6, 6.07) is 2.15. The predicted molar refractivity (Wildman–Crippen MR) is 60.5 cm³/mol. The van der Waals surface area contributed by atoms with E-state index in [-0.39, 0.29) is 12.0 Å². The van der Waals surface area contributed by atoms with Gasteiger partial charge in [-0.3, -0.25) is 4.79 Å². The van der Waals surface area contributed by atoms with Crippen molar-refractivity contribution < 1.29 is 9.53 Å². The highest BCUT2D eigenvalue weighted by Gasteiger charge is 2.48. The van der Waals surface area contributed by atoms with Gasteiger partial charge in [-0.05, 0) is 32.6 Å². The monoisotopic (exact) mass is 224 g/mol. The van der Waals surface area contributed by atoms with Crippen LogP contribution in [0.4, 0.5) is 0 Å². The molecule has 16 heavy (non-hydrogen) atoms. The SMILES string of the molecule is CCOC(C)CNC(=O)C1(C#N)CC(C)C1. The molecule has 4 heteroatoms. The number of nitriles is 1. The van der Waals surface area contributed by atoms with Gasteiger partial charge in [0.05, 0.1) is 12.2 Å². The average molecular weight is 224 g/mol. The zero-order valence-electron chi connectivity index (χ0n) is 10.2. The Morgan fingerprint density at radius 1 is 1.69 bits per heavy atom. The van der Waals surface area contributed by atoms with Crippen molar-refractivity contribution in [2.75, 3.05) is 13.2 Å². The van der Waals surface area contributed by atoms with Crippen LogP contribution >= 0.6 is 0 Å². The molecule has 0 aromatic rings. The minimum absolute atomic E-state index is 0.00203. The third-order valence-corrected chi connectivity index (χ3v) is 3.04. The van der Waals surface area contributed by atoms with E-state index in [0.29, 0.717) is 31.9 Å². The lowest BCUT2D eigenvalue weighted by Crippen LogP contribution is -2.49. The summed E-state index contributed by atoms with van der Waals surface area (Å²) >= 11 is 0. The molecule has 0 bridgehead atoms. The number of amides is 1. The van der Waals surface area contributed by atoms with Crippen molar-refractivity contribution in [1.82, 2.24) is 5.32 Å². The van der Waals surface area contributed by atoms with Crippen LogP contribution in [-0.2, 0) is 9.53 Å². The quantitative estimate of drug-likeness (QED) is 0.769. The Kier molecular flexibility index (Phi) is 4.31. The second-order valence-corrected chi connectivity index (χ2v) is 4.68. The van der Waals surface area contributed by atoms with E-state index in [1.165, 1.54) is 0 Å². The lowest BCUT2D eigenvalue weighted by Gasteiger charge is -2.39. The minimum atomic E-state index is -0.772. The van der Waals surface area contributed by atoms with Gasteiger partial charge in [0.1, 0.15) is 5.41 Å². The van der Waals surface area contributed by atoms with Crippen LogP contribution in [0.5, 0.6) is 0 Å². The summed E-state index contributed by atoms with van der Waals surface area (Å²) in [5.41, 5.74) is -0.772. The number of rotatable bonds is 5. The third-order valence-electron chi connectivity index (χ3n) is 3.04. The van der Waals surface area contributed by atoms with Crippen molar-refractivity contribution in [3.63, 3.8) is 0 Å². The van der Waals surface area contributed by atoms with Crippen molar-refractivity contribution in [3.8, 4) is 6.07 Å². The molecule has 1 rings (SSSR count). The lowest BCUT2D eigenvalue weighted by molar-refractivity contribution is -0.134. The van der Waals surface area contributed by atoms with E-state index in [1.807, 2.05) is 13.8 Å². The minimum Gasteiger partial charge on any atom is -0.377 e. The van der Waals surface area contributed by atoms with Gasteiger partial charge < -0.3 is 10.1 Å². The zero-order valence-corrected chi connectivity index (χ0v) is 10.2. The van der Waals surface area contributed by atoms with Crippen LogP contribution in [0.1, 0.15) is 33.6 Å². The Hall–Kier alpha value is -1.08. The topological polar surface area (TPSA) is 62.1 Å². The van der Waals surface area contributed by atoms with E-state index >= 15 is 0 Å². The molecule has 1 fully saturated rings. The first-order chi connectivity index (χ1) is 7.54. The summed E-state index contributed by atoms with van der Waals surface area (Å²) in [6.45, 7) is 7.00. The fourth-order valence-electron chi connectivity index (χ4n) is 2.21. The molecule has 1 saturated carbocycles. The van der Waals surface area contributed by atoms with E-state index in [4.69, 9.17) is 10.00 Å². The first-order valence-corrected chi connectivity index (χ1v) is 5.85. The third kappa shape index (κ3) is 2.73. The Labute approximate surface area is 97.0 Å². The normalized spacial score (nSPS) is 30.0. The summed E-state index contributed by atoms with van der Waals surface area (Å²) < 4.78 is 5.31. The summed E-state index contributed by atoms with van der Waals surface area (Å²) in [5, 5.41) is 11.8. The summed E-state index contributed by atoms with van der Waals surface area (Å²) in [4.78, 5) is 11.8. The molecular formula is C12H20N2O2. The second kappa shape index (κ2) is 5.31. The first-order valence-electron chi connectivity index (χ1n) is 5.85. The molecule has 0 saturated heterocycles. The molecular weight excluding hydrogens is 204 g/mol. The molecule has 0 spiro atoms. The Balaban J connectivity index is 2.38. The number of nitrogens with one attached hydrogen (secondary N) is 1. The Morgan fingerprint density at radius 3 is 2.75 bits per heavy atom. The van der Waals surface area contributed by atoms with Gasteiger partial charge in [0.2, 0.25) is 5.91 Å². The van der Waals surface area contributed by atoms with Crippen molar-refractivity contribution in [1.29, 1.82) is 5.26 Å². The fraction of sp³-hybridized carbons (Fsp3) is 0.833. The van der Waals surface area contributed by atoms with Crippen LogP contribution in [-0.4, -0.2) is 25.2 Å². The van der Waals surface area contributed by atoms with Gasteiger partial charge in [-0.1, -0.05) is 6.92 Å². The first kappa shape index (κ1) is 13.0. The highest BCUT2D eigenvalue weighted by Crippen LogP contribution is 2.44. The van der Waals surface area contributed by atoms with E-state index in [2.05, 4.69) is 18.3 Å². The molecule has 1 N–H and O–H groups in total. The van der Waals surface area contributed by atoms with E-state index < -0.39 is 5.41 Å². The van der Waals surface area contributed by atoms with E-state index in [1.54, 1.807) is 0 Å². The standard InChI is InChI=1S/C12H20N2O2/c1-4-16-10(3)7-14-11(15)12(8-13)5-9(2)6-12/h9-10H,4-7H2,1-3H3,(H,14,15). The van der Waals surface area contributed by atoms with Crippen LogP contribution in [0.2, 0.25) is 0 Å². The smallest absolute Gasteiger partial charge is 0.240 e. The summed E-state index contributed by atoms with van der Waals surface area (Å²) in [6.07, 6.45) is 1.36.